The molecule has 2 rings (SSSR count). The van der Waals surface area contributed by atoms with Gasteiger partial charge in [0.25, 0.3) is 5.91 Å². The number of nitrogens with zero attached hydrogens (tertiary/aromatic N) is 1. The van der Waals surface area contributed by atoms with E-state index in [1.54, 1.807) is 19.2 Å². The minimum absolute atomic E-state index is 0.0175. The average molecular weight is 307 g/mol. The Bertz CT molecular complexity index is 506. The smallest absolute Gasteiger partial charge is 0.286 e. The zero-order valence-electron chi connectivity index (χ0n) is 13.4. The number of nitrogens with one attached hydrogen (secondary N) is 2. The standard InChI is InChI=1S/C16H25N3O3/c1-12(19-9-3-4-10-19)5-8-15(20)18-11-13-6-7-14(22-13)16(21)17-2/h6-7,12H,3-5,8-11H2,1-2H3,(H,17,21)(H,18,20)/t12-/m1/s1. The topological polar surface area (TPSA) is 74.6 Å². The van der Waals surface area contributed by atoms with Crippen LogP contribution in [0.3, 0.4) is 0 Å². The molecule has 2 heterocycles. The molecule has 0 saturated carbocycles. The zero-order valence-corrected chi connectivity index (χ0v) is 13.4. The van der Waals surface area contributed by atoms with Crippen molar-refractivity contribution in [3.8, 4) is 0 Å². The summed E-state index contributed by atoms with van der Waals surface area (Å²) in [4.78, 5) is 25.7. The Labute approximate surface area is 131 Å². The van der Waals surface area contributed by atoms with E-state index < -0.39 is 0 Å². The van der Waals surface area contributed by atoms with Crippen LogP contribution in [0.5, 0.6) is 0 Å². The lowest BCUT2D eigenvalue weighted by Crippen LogP contribution is -2.32. The van der Waals surface area contributed by atoms with E-state index in [1.807, 2.05) is 0 Å². The fourth-order valence-electron chi connectivity index (χ4n) is 2.70. The van der Waals surface area contributed by atoms with Gasteiger partial charge >= 0.3 is 0 Å². The number of carbonyl (C=O) groups is 2. The van der Waals surface area contributed by atoms with E-state index in [1.165, 1.54) is 12.8 Å². The third kappa shape index (κ3) is 4.59. The van der Waals surface area contributed by atoms with E-state index in [0.717, 1.165) is 19.5 Å². The number of furan rings is 1. The van der Waals surface area contributed by atoms with Crippen LogP contribution in [0.1, 0.15) is 48.9 Å². The van der Waals surface area contributed by atoms with E-state index in [9.17, 15) is 9.59 Å². The molecule has 1 aliphatic rings. The Hall–Kier alpha value is -1.82. The highest BCUT2D eigenvalue weighted by Gasteiger charge is 2.18. The van der Waals surface area contributed by atoms with Gasteiger partial charge in [-0.1, -0.05) is 0 Å². The first-order valence-electron chi connectivity index (χ1n) is 7.91. The van der Waals surface area contributed by atoms with Gasteiger partial charge in [-0.25, -0.2) is 0 Å². The molecule has 0 unspecified atom stereocenters. The summed E-state index contributed by atoms with van der Waals surface area (Å²) in [5, 5.41) is 5.33. The predicted molar refractivity (Wildman–Crippen MR) is 83.4 cm³/mol. The number of rotatable bonds is 7. The number of hydrogen-bond acceptors (Lipinski definition) is 4. The summed E-state index contributed by atoms with van der Waals surface area (Å²) in [6.45, 7) is 4.80. The van der Waals surface area contributed by atoms with Crippen LogP contribution >= 0.6 is 0 Å². The fraction of sp³-hybridized carbons (Fsp3) is 0.625. The molecular formula is C16H25N3O3. The molecule has 2 N–H and O–H groups in total. The molecule has 6 nitrogen and oxygen atoms in total. The number of amides is 2. The molecular weight excluding hydrogens is 282 g/mol. The maximum Gasteiger partial charge on any atom is 0.286 e. The molecule has 122 valence electrons. The minimum atomic E-state index is -0.267. The normalized spacial score (nSPS) is 16.5. The van der Waals surface area contributed by atoms with Gasteiger partial charge in [-0.15, -0.1) is 0 Å². The lowest BCUT2D eigenvalue weighted by atomic mass is 10.1. The van der Waals surface area contributed by atoms with Crippen molar-refractivity contribution in [2.24, 2.45) is 0 Å². The molecule has 0 aromatic carbocycles. The quantitative estimate of drug-likeness (QED) is 0.801. The molecule has 1 aromatic heterocycles. The van der Waals surface area contributed by atoms with E-state index in [4.69, 9.17) is 4.42 Å². The van der Waals surface area contributed by atoms with Crippen molar-refractivity contribution in [3.05, 3.63) is 23.7 Å². The molecule has 1 aliphatic heterocycles. The van der Waals surface area contributed by atoms with Gasteiger partial charge in [0.1, 0.15) is 5.76 Å². The lowest BCUT2D eigenvalue weighted by molar-refractivity contribution is -0.121. The maximum atomic E-state index is 11.9. The van der Waals surface area contributed by atoms with E-state index >= 15 is 0 Å². The number of carbonyl (C=O) groups excluding carboxylic acids is 2. The summed E-state index contributed by atoms with van der Waals surface area (Å²) < 4.78 is 5.36. The van der Waals surface area contributed by atoms with Crippen LogP contribution in [0.2, 0.25) is 0 Å². The second kappa shape index (κ2) is 7.98. The van der Waals surface area contributed by atoms with Crippen LogP contribution in [0, 0.1) is 0 Å². The summed E-state index contributed by atoms with van der Waals surface area (Å²) in [5.41, 5.74) is 0. The van der Waals surface area contributed by atoms with Crippen molar-refractivity contribution in [2.45, 2.75) is 45.2 Å². The third-order valence-corrected chi connectivity index (χ3v) is 4.13. The van der Waals surface area contributed by atoms with E-state index in [2.05, 4.69) is 22.5 Å². The van der Waals surface area contributed by atoms with Crippen molar-refractivity contribution in [2.75, 3.05) is 20.1 Å². The van der Waals surface area contributed by atoms with Gasteiger partial charge in [-0.3, -0.25) is 9.59 Å². The maximum absolute atomic E-state index is 11.9. The highest BCUT2D eigenvalue weighted by Crippen LogP contribution is 2.15. The molecule has 22 heavy (non-hydrogen) atoms. The van der Waals surface area contributed by atoms with Crippen molar-refractivity contribution in [1.29, 1.82) is 0 Å². The zero-order chi connectivity index (χ0) is 15.9. The van der Waals surface area contributed by atoms with Crippen molar-refractivity contribution < 1.29 is 14.0 Å². The Morgan fingerprint density at radius 1 is 1.32 bits per heavy atom. The Balaban J connectivity index is 1.68. The highest BCUT2D eigenvalue weighted by atomic mass is 16.4. The number of hydrogen-bond donors (Lipinski definition) is 2. The van der Waals surface area contributed by atoms with Crippen molar-refractivity contribution in [1.82, 2.24) is 15.5 Å². The Kier molecular flexibility index (Phi) is 6.00. The molecule has 1 aromatic rings. The summed E-state index contributed by atoms with van der Waals surface area (Å²) in [6, 6.07) is 3.77. The van der Waals surface area contributed by atoms with Gasteiger partial charge in [-0.2, -0.15) is 0 Å². The fourth-order valence-corrected chi connectivity index (χ4v) is 2.70. The number of likely N-dealkylation sites (tertiary alicyclic amines) is 1. The van der Waals surface area contributed by atoms with Crippen LogP contribution in [-0.2, 0) is 11.3 Å². The second-order valence-corrected chi connectivity index (χ2v) is 5.75. The van der Waals surface area contributed by atoms with Crippen LogP contribution < -0.4 is 10.6 Å². The third-order valence-electron chi connectivity index (χ3n) is 4.13. The lowest BCUT2D eigenvalue weighted by Gasteiger charge is -2.23. The first kappa shape index (κ1) is 16.5. The van der Waals surface area contributed by atoms with Crippen molar-refractivity contribution in [3.63, 3.8) is 0 Å². The second-order valence-electron chi connectivity index (χ2n) is 5.75. The first-order chi connectivity index (χ1) is 10.6. The summed E-state index contributed by atoms with van der Waals surface area (Å²) >= 11 is 0. The molecule has 1 atom stereocenters. The van der Waals surface area contributed by atoms with Gasteiger partial charge in [0.15, 0.2) is 5.76 Å². The van der Waals surface area contributed by atoms with Gasteiger partial charge in [0.05, 0.1) is 6.54 Å². The first-order valence-corrected chi connectivity index (χ1v) is 7.91. The predicted octanol–water partition coefficient (Wildman–Crippen LogP) is 1.52. The summed E-state index contributed by atoms with van der Waals surface area (Å²) in [7, 11) is 1.55. The van der Waals surface area contributed by atoms with Gasteiger partial charge < -0.3 is 20.0 Å². The SMILES string of the molecule is CNC(=O)c1ccc(CNC(=O)CC[C@@H](C)N2CCCC2)o1. The molecule has 0 spiro atoms. The van der Waals surface area contributed by atoms with Gasteiger partial charge in [0, 0.05) is 19.5 Å². The molecule has 0 bridgehead atoms. The van der Waals surface area contributed by atoms with E-state index in [-0.39, 0.29) is 17.6 Å². The van der Waals surface area contributed by atoms with Crippen LogP contribution in [-0.4, -0.2) is 42.9 Å². The largest absolute Gasteiger partial charge is 0.454 e. The molecule has 6 heteroatoms. The molecule has 0 radical (unpaired) electrons. The molecule has 1 saturated heterocycles. The van der Waals surface area contributed by atoms with Crippen LogP contribution in [0.4, 0.5) is 0 Å². The van der Waals surface area contributed by atoms with E-state index in [0.29, 0.717) is 24.8 Å². The summed E-state index contributed by atoms with van der Waals surface area (Å²) in [6.07, 6.45) is 3.92. The Morgan fingerprint density at radius 2 is 2.05 bits per heavy atom. The minimum Gasteiger partial charge on any atom is -0.454 e. The molecule has 1 fully saturated rings. The van der Waals surface area contributed by atoms with Gasteiger partial charge in [0.2, 0.25) is 5.91 Å². The van der Waals surface area contributed by atoms with Crippen LogP contribution in [0.15, 0.2) is 16.5 Å². The summed E-state index contributed by atoms with van der Waals surface area (Å²) in [5.74, 6) is 0.593. The Morgan fingerprint density at radius 3 is 2.73 bits per heavy atom. The molecule has 0 aliphatic carbocycles. The molecule has 2 amide bonds. The monoisotopic (exact) mass is 307 g/mol. The van der Waals surface area contributed by atoms with Gasteiger partial charge in [-0.05, 0) is 51.4 Å². The van der Waals surface area contributed by atoms with Crippen molar-refractivity contribution >= 4 is 11.8 Å². The highest BCUT2D eigenvalue weighted by molar-refractivity contribution is 5.91. The van der Waals surface area contributed by atoms with Crippen LogP contribution in [0.25, 0.3) is 0 Å². The average Bonchev–Trinajstić information content (AvgIpc) is 3.20.